The normalized spacial score (nSPS) is 10.8. The number of oxazole rings is 1. The molecule has 0 saturated heterocycles. The second-order valence-corrected chi connectivity index (χ2v) is 6.83. The molecule has 7 heteroatoms. The van der Waals surface area contributed by atoms with Gasteiger partial charge in [0, 0.05) is 16.3 Å². The van der Waals surface area contributed by atoms with Gasteiger partial charge in [-0.3, -0.25) is 4.79 Å². The predicted molar refractivity (Wildman–Crippen MR) is 110 cm³/mol. The van der Waals surface area contributed by atoms with E-state index in [1.54, 1.807) is 12.1 Å². The fourth-order valence-corrected chi connectivity index (χ4v) is 3.40. The number of carbonyl (C=O) groups excluding carboxylic acids is 1. The van der Waals surface area contributed by atoms with Gasteiger partial charge >= 0.3 is 0 Å². The number of ether oxygens (including phenoxy) is 1. The summed E-state index contributed by atoms with van der Waals surface area (Å²) in [5, 5.41) is 3.42. The Morgan fingerprint density at radius 3 is 2.54 bits per heavy atom. The van der Waals surface area contributed by atoms with Crippen molar-refractivity contribution in [2.24, 2.45) is 0 Å². The minimum Gasteiger partial charge on any atom is -0.494 e. The van der Waals surface area contributed by atoms with Gasteiger partial charge in [0.05, 0.1) is 17.7 Å². The molecule has 0 fully saturated rings. The first-order valence-corrected chi connectivity index (χ1v) is 9.11. The molecule has 1 heterocycles. The van der Waals surface area contributed by atoms with E-state index in [-0.39, 0.29) is 22.2 Å². The lowest BCUT2D eigenvalue weighted by Crippen LogP contribution is -2.13. The Morgan fingerprint density at radius 2 is 1.82 bits per heavy atom. The number of aromatic nitrogens is 1. The number of methoxy groups -OCH3 is 1. The van der Waals surface area contributed by atoms with E-state index in [9.17, 15) is 4.79 Å². The van der Waals surface area contributed by atoms with Crippen molar-refractivity contribution in [1.29, 1.82) is 0 Å². The highest BCUT2D eigenvalue weighted by Crippen LogP contribution is 2.33. The van der Waals surface area contributed by atoms with Crippen molar-refractivity contribution in [3.8, 4) is 17.2 Å². The van der Waals surface area contributed by atoms with Gasteiger partial charge < -0.3 is 14.5 Å². The monoisotopic (exact) mass is 412 g/mol. The Morgan fingerprint density at radius 1 is 1.07 bits per heavy atom. The highest BCUT2D eigenvalue weighted by molar-refractivity contribution is 6.36. The van der Waals surface area contributed by atoms with Crippen LogP contribution in [0.25, 0.3) is 22.6 Å². The minimum atomic E-state index is -0.379. The summed E-state index contributed by atoms with van der Waals surface area (Å²) in [5.74, 6) is 0.407. The molecule has 4 aromatic rings. The molecule has 4 rings (SSSR count). The molecule has 0 bridgehead atoms. The van der Waals surface area contributed by atoms with Gasteiger partial charge in [0.1, 0.15) is 11.3 Å². The van der Waals surface area contributed by atoms with Crippen LogP contribution in [0, 0.1) is 0 Å². The first kappa shape index (κ1) is 18.3. The fourth-order valence-electron chi connectivity index (χ4n) is 2.83. The van der Waals surface area contributed by atoms with Gasteiger partial charge in [0.2, 0.25) is 5.89 Å². The molecule has 0 aliphatic carbocycles. The molecule has 3 aromatic carbocycles. The van der Waals surface area contributed by atoms with Gasteiger partial charge in [0.15, 0.2) is 5.58 Å². The summed E-state index contributed by atoms with van der Waals surface area (Å²) in [5.41, 5.74) is 3.17. The van der Waals surface area contributed by atoms with Crippen LogP contribution in [-0.4, -0.2) is 18.0 Å². The molecule has 1 N–H and O–H groups in total. The number of fused-ring (bicyclic) bond motifs is 1. The standard InChI is InChI=1S/C21H14Cl2N2O3/c1-27-19-15(10-13(22)11-16(19)23)20(26)24-14-8-6-12(7-9-14)21-25-17-4-2-3-5-18(17)28-21/h2-11H,1H3,(H,24,26). The molecular formula is C21H14Cl2N2O3. The van der Waals surface area contributed by atoms with E-state index in [0.717, 1.165) is 16.7 Å². The van der Waals surface area contributed by atoms with Crippen LogP contribution in [0.3, 0.4) is 0 Å². The number of carbonyl (C=O) groups is 1. The smallest absolute Gasteiger partial charge is 0.259 e. The number of benzene rings is 3. The highest BCUT2D eigenvalue weighted by Gasteiger charge is 2.17. The molecule has 1 aromatic heterocycles. The Kier molecular flexibility index (Phi) is 4.94. The van der Waals surface area contributed by atoms with Crippen LogP contribution in [0.5, 0.6) is 5.75 Å². The molecule has 0 unspecified atom stereocenters. The molecule has 0 aliphatic rings. The summed E-state index contributed by atoms with van der Waals surface area (Å²) < 4.78 is 11.0. The Hall–Kier alpha value is -3.02. The maximum Gasteiger partial charge on any atom is 0.259 e. The van der Waals surface area contributed by atoms with Crippen LogP contribution in [0.2, 0.25) is 10.0 Å². The lowest BCUT2D eigenvalue weighted by molar-refractivity contribution is 0.102. The third kappa shape index (κ3) is 3.54. The summed E-state index contributed by atoms with van der Waals surface area (Å²) in [6.07, 6.45) is 0. The lowest BCUT2D eigenvalue weighted by Gasteiger charge is -2.11. The molecule has 5 nitrogen and oxygen atoms in total. The summed E-state index contributed by atoms with van der Waals surface area (Å²) >= 11 is 12.1. The van der Waals surface area contributed by atoms with Crippen molar-refractivity contribution in [3.05, 3.63) is 76.3 Å². The number of para-hydroxylation sites is 2. The first-order valence-electron chi connectivity index (χ1n) is 8.35. The first-order chi connectivity index (χ1) is 13.5. The number of hydrogen-bond donors (Lipinski definition) is 1. The minimum absolute atomic E-state index is 0.253. The highest BCUT2D eigenvalue weighted by atomic mass is 35.5. The van der Waals surface area contributed by atoms with Crippen molar-refractivity contribution < 1.29 is 13.9 Å². The van der Waals surface area contributed by atoms with Gasteiger partial charge in [-0.1, -0.05) is 35.3 Å². The lowest BCUT2D eigenvalue weighted by atomic mass is 10.1. The molecule has 140 valence electrons. The number of rotatable bonds is 4. The summed E-state index contributed by atoms with van der Waals surface area (Å²) in [6, 6.07) is 17.8. The molecule has 0 saturated carbocycles. The number of nitrogens with zero attached hydrogens (tertiary/aromatic N) is 1. The Bertz CT molecular complexity index is 1140. The predicted octanol–water partition coefficient (Wildman–Crippen LogP) is 6.06. The molecule has 0 atom stereocenters. The Balaban J connectivity index is 1.57. The zero-order valence-electron chi connectivity index (χ0n) is 14.7. The van der Waals surface area contributed by atoms with Crippen LogP contribution in [0.15, 0.2) is 65.1 Å². The number of hydrogen-bond acceptors (Lipinski definition) is 4. The van der Waals surface area contributed by atoms with Crippen molar-refractivity contribution in [1.82, 2.24) is 4.98 Å². The number of amides is 1. The van der Waals surface area contributed by atoms with Gasteiger partial charge in [-0.25, -0.2) is 4.98 Å². The molecule has 0 spiro atoms. The van der Waals surface area contributed by atoms with Gasteiger partial charge in [-0.2, -0.15) is 0 Å². The van der Waals surface area contributed by atoms with E-state index in [1.807, 2.05) is 36.4 Å². The van der Waals surface area contributed by atoms with Crippen LogP contribution in [-0.2, 0) is 0 Å². The number of nitrogens with one attached hydrogen (secondary N) is 1. The second-order valence-electron chi connectivity index (χ2n) is 5.99. The van der Waals surface area contributed by atoms with Crippen LogP contribution in [0.4, 0.5) is 5.69 Å². The number of halogens is 2. The quantitative estimate of drug-likeness (QED) is 0.442. The molecule has 28 heavy (non-hydrogen) atoms. The van der Waals surface area contributed by atoms with Crippen LogP contribution >= 0.6 is 23.2 Å². The Labute approximate surface area is 170 Å². The number of anilines is 1. The van der Waals surface area contributed by atoms with Gasteiger partial charge in [-0.05, 0) is 48.5 Å². The summed E-state index contributed by atoms with van der Waals surface area (Å²) in [4.78, 5) is 17.1. The van der Waals surface area contributed by atoms with E-state index in [1.165, 1.54) is 19.2 Å². The third-order valence-electron chi connectivity index (χ3n) is 4.14. The summed E-state index contributed by atoms with van der Waals surface area (Å²) in [6.45, 7) is 0. The molecule has 0 radical (unpaired) electrons. The maximum atomic E-state index is 12.6. The molecule has 0 aliphatic heterocycles. The average molecular weight is 413 g/mol. The fraction of sp³-hybridized carbons (Fsp3) is 0.0476. The maximum absolute atomic E-state index is 12.6. The van der Waals surface area contributed by atoms with Crippen molar-refractivity contribution in [2.45, 2.75) is 0 Å². The average Bonchev–Trinajstić information content (AvgIpc) is 3.12. The van der Waals surface area contributed by atoms with Crippen LogP contribution in [0.1, 0.15) is 10.4 Å². The van der Waals surface area contributed by atoms with E-state index in [4.69, 9.17) is 32.4 Å². The third-order valence-corrected chi connectivity index (χ3v) is 4.64. The van der Waals surface area contributed by atoms with Crippen molar-refractivity contribution in [2.75, 3.05) is 12.4 Å². The molecule has 1 amide bonds. The van der Waals surface area contributed by atoms with Crippen molar-refractivity contribution in [3.63, 3.8) is 0 Å². The zero-order chi connectivity index (χ0) is 19.7. The topological polar surface area (TPSA) is 64.4 Å². The van der Waals surface area contributed by atoms with Gasteiger partial charge in [0.25, 0.3) is 5.91 Å². The summed E-state index contributed by atoms with van der Waals surface area (Å²) in [7, 11) is 1.45. The van der Waals surface area contributed by atoms with Crippen molar-refractivity contribution >= 4 is 45.9 Å². The largest absolute Gasteiger partial charge is 0.494 e. The second kappa shape index (κ2) is 7.54. The van der Waals surface area contributed by atoms with Crippen LogP contribution < -0.4 is 10.1 Å². The molecular weight excluding hydrogens is 399 g/mol. The van der Waals surface area contributed by atoms with E-state index in [2.05, 4.69) is 10.3 Å². The van der Waals surface area contributed by atoms with E-state index < -0.39 is 0 Å². The SMILES string of the molecule is COc1c(Cl)cc(Cl)cc1C(=O)Nc1ccc(-c2nc3ccccc3o2)cc1. The van der Waals surface area contributed by atoms with E-state index in [0.29, 0.717) is 16.6 Å². The van der Waals surface area contributed by atoms with E-state index >= 15 is 0 Å². The zero-order valence-corrected chi connectivity index (χ0v) is 16.2. The van der Waals surface area contributed by atoms with Gasteiger partial charge in [-0.15, -0.1) is 0 Å².